The monoisotopic (exact) mass is 343 g/mol. The Kier molecular flexibility index (Phi) is 6.10. The minimum absolute atomic E-state index is 0.108. The van der Waals surface area contributed by atoms with E-state index in [4.69, 9.17) is 0 Å². The van der Waals surface area contributed by atoms with Gasteiger partial charge in [0, 0.05) is 25.7 Å². The van der Waals surface area contributed by atoms with Crippen LogP contribution in [-0.2, 0) is 6.54 Å². The van der Waals surface area contributed by atoms with Crippen molar-refractivity contribution >= 4 is 21.6 Å². The lowest BCUT2D eigenvalue weighted by Gasteiger charge is -2.28. The molecule has 6 heteroatoms. The summed E-state index contributed by atoms with van der Waals surface area (Å²) in [6.45, 7) is 6.83. The number of hydrogen-bond donors (Lipinski definition) is 1. The van der Waals surface area contributed by atoms with E-state index in [1.54, 1.807) is 6.07 Å². The van der Waals surface area contributed by atoms with Crippen molar-refractivity contribution in [3.8, 4) is 0 Å². The Morgan fingerprint density at radius 3 is 2.60 bits per heavy atom. The Morgan fingerprint density at radius 2 is 2.05 bits per heavy atom. The second kappa shape index (κ2) is 7.15. The molecule has 5 nitrogen and oxygen atoms in total. The van der Waals surface area contributed by atoms with Gasteiger partial charge in [0.25, 0.3) is 5.69 Å². The maximum atomic E-state index is 10.9. The Hall–Kier alpha value is -0.980. The number of hydrogen-bond acceptors (Lipinski definition) is 4. The van der Waals surface area contributed by atoms with Crippen molar-refractivity contribution < 1.29 is 4.92 Å². The van der Waals surface area contributed by atoms with Gasteiger partial charge in [0.2, 0.25) is 0 Å². The molecule has 0 aromatic heterocycles. The van der Waals surface area contributed by atoms with Crippen LogP contribution < -0.4 is 5.32 Å². The molecule has 0 amide bonds. The van der Waals surface area contributed by atoms with E-state index in [2.05, 4.69) is 54.1 Å². The minimum atomic E-state index is -0.371. The van der Waals surface area contributed by atoms with E-state index in [9.17, 15) is 10.1 Å². The van der Waals surface area contributed by atoms with Crippen molar-refractivity contribution in [3.63, 3.8) is 0 Å². The Labute approximate surface area is 128 Å². The minimum Gasteiger partial charge on any atom is -0.312 e. The molecule has 0 bridgehead atoms. The van der Waals surface area contributed by atoms with Crippen LogP contribution >= 0.6 is 15.9 Å². The molecule has 0 heterocycles. The molecule has 1 N–H and O–H groups in total. The fourth-order valence-corrected chi connectivity index (χ4v) is 2.84. The van der Waals surface area contributed by atoms with Gasteiger partial charge in [0.05, 0.1) is 9.40 Å². The molecule has 1 aromatic rings. The lowest BCUT2D eigenvalue weighted by atomic mass is 9.93. The highest BCUT2D eigenvalue weighted by atomic mass is 79.9. The maximum absolute atomic E-state index is 10.9. The van der Waals surface area contributed by atoms with Crippen molar-refractivity contribution in [2.24, 2.45) is 5.41 Å². The van der Waals surface area contributed by atoms with Crippen molar-refractivity contribution in [1.29, 1.82) is 0 Å². The number of nitro groups is 1. The third-order valence-corrected chi connectivity index (χ3v) is 3.83. The number of rotatable bonds is 7. The van der Waals surface area contributed by atoms with Gasteiger partial charge < -0.3 is 10.2 Å². The molecule has 0 fully saturated rings. The van der Waals surface area contributed by atoms with E-state index in [1.807, 2.05) is 6.07 Å². The van der Waals surface area contributed by atoms with Crippen LogP contribution in [0.4, 0.5) is 5.69 Å². The third-order valence-electron chi connectivity index (χ3n) is 2.92. The highest BCUT2D eigenvalue weighted by Crippen LogP contribution is 2.28. The molecule has 0 radical (unpaired) electrons. The third kappa shape index (κ3) is 5.19. The molecule has 0 aliphatic heterocycles. The highest BCUT2D eigenvalue weighted by Gasteiger charge is 2.19. The fourth-order valence-electron chi connectivity index (χ4n) is 2.29. The normalized spacial score (nSPS) is 11.9. The predicted molar refractivity (Wildman–Crippen MR) is 84.8 cm³/mol. The molecule has 1 rings (SSSR count). The first kappa shape index (κ1) is 17.1. The number of nitrogens with one attached hydrogen (secondary N) is 1. The Morgan fingerprint density at radius 1 is 1.40 bits per heavy atom. The first-order chi connectivity index (χ1) is 9.23. The number of nitro benzene ring substituents is 1. The first-order valence-corrected chi connectivity index (χ1v) is 7.29. The van der Waals surface area contributed by atoms with Crippen molar-refractivity contribution in [2.45, 2.75) is 20.4 Å². The standard InChI is InChI=1S/C14H22BrN3O2/c1-14(2,10-17(3)4)9-16-8-11-6-5-7-12(13(11)15)18(19)20/h5-7,16H,8-10H2,1-4H3. The smallest absolute Gasteiger partial charge is 0.283 e. The van der Waals surface area contributed by atoms with Gasteiger partial charge >= 0.3 is 0 Å². The molecule has 0 aliphatic rings. The van der Waals surface area contributed by atoms with Gasteiger partial charge in [-0.15, -0.1) is 0 Å². The van der Waals surface area contributed by atoms with Crippen LogP contribution in [0.5, 0.6) is 0 Å². The fraction of sp³-hybridized carbons (Fsp3) is 0.571. The summed E-state index contributed by atoms with van der Waals surface area (Å²) in [6.07, 6.45) is 0. The zero-order valence-corrected chi connectivity index (χ0v) is 14.0. The largest absolute Gasteiger partial charge is 0.312 e. The van der Waals surface area contributed by atoms with Crippen LogP contribution in [0.2, 0.25) is 0 Å². The van der Waals surface area contributed by atoms with Gasteiger partial charge in [-0.05, 0) is 41.0 Å². The Bertz CT molecular complexity index is 475. The predicted octanol–water partition coefficient (Wildman–Crippen LogP) is 3.03. The van der Waals surface area contributed by atoms with Crippen LogP contribution in [0.25, 0.3) is 0 Å². The quantitative estimate of drug-likeness (QED) is 0.610. The summed E-state index contributed by atoms with van der Waals surface area (Å²) in [5, 5.41) is 14.3. The van der Waals surface area contributed by atoms with E-state index in [1.165, 1.54) is 6.07 Å². The van der Waals surface area contributed by atoms with E-state index >= 15 is 0 Å². The van der Waals surface area contributed by atoms with Crippen LogP contribution in [0, 0.1) is 15.5 Å². The lowest BCUT2D eigenvalue weighted by molar-refractivity contribution is -0.385. The summed E-state index contributed by atoms with van der Waals surface area (Å²) < 4.78 is 0.558. The lowest BCUT2D eigenvalue weighted by Crippen LogP contribution is -2.37. The molecule has 1 aromatic carbocycles. The van der Waals surface area contributed by atoms with E-state index < -0.39 is 0 Å². The first-order valence-electron chi connectivity index (χ1n) is 6.50. The maximum Gasteiger partial charge on any atom is 0.283 e. The molecular formula is C14H22BrN3O2. The van der Waals surface area contributed by atoms with Crippen LogP contribution in [-0.4, -0.2) is 37.0 Å². The number of benzene rings is 1. The van der Waals surface area contributed by atoms with Gasteiger partial charge in [-0.1, -0.05) is 26.0 Å². The Balaban J connectivity index is 2.63. The number of halogens is 1. The SMILES string of the molecule is CN(C)CC(C)(C)CNCc1cccc([N+](=O)[O-])c1Br. The summed E-state index contributed by atoms with van der Waals surface area (Å²) in [4.78, 5) is 12.7. The zero-order chi connectivity index (χ0) is 15.3. The van der Waals surface area contributed by atoms with Gasteiger partial charge in [-0.25, -0.2) is 0 Å². The van der Waals surface area contributed by atoms with Crippen molar-refractivity contribution in [2.75, 3.05) is 27.2 Å². The molecule has 0 aliphatic carbocycles. The molecule has 0 spiro atoms. The van der Waals surface area contributed by atoms with Gasteiger partial charge in [0.15, 0.2) is 0 Å². The average Bonchev–Trinajstić information content (AvgIpc) is 2.29. The number of nitrogens with zero attached hydrogens (tertiary/aromatic N) is 2. The topological polar surface area (TPSA) is 58.4 Å². The van der Waals surface area contributed by atoms with Crippen molar-refractivity contribution in [1.82, 2.24) is 10.2 Å². The summed E-state index contributed by atoms with van der Waals surface area (Å²) in [6, 6.07) is 5.11. The summed E-state index contributed by atoms with van der Waals surface area (Å²) in [7, 11) is 4.11. The summed E-state index contributed by atoms with van der Waals surface area (Å²) >= 11 is 3.31. The highest BCUT2D eigenvalue weighted by molar-refractivity contribution is 9.10. The molecule has 0 atom stereocenters. The molecule has 112 valence electrons. The van der Waals surface area contributed by atoms with Crippen LogP contribution in [0.3, 0.4) is 0 Å². The van der Waals surface area contributed by atoms with E-state index in [0.29, 0.717) is 11.0 Å². The molecule has 0 saturated heterocycles. The van der Waals surface area contributed by atoms with Gasteiger partial charge in [0.1, 0.15) is 0 Å². The van der Waals surface area contributed by atoms with Crippen LogP contribution in [0.1, 0.15) is 19.4 Å². The van der Waals surface area contributed by atoms with Crippen LogP contribution in [0.15, 0.2) is 22.7 Å². The molecule has 20 heavy (non-hydrogen) atoms. The second-order valence-electron chi connectivity index (χ2n) is 6.01. The molecular weight excluding hydrogens is 322 g/mol. The summed E-state index contributed by atoms with van der Waals surface area (Å²) in [5.41, 5.74) is 1.16. The molecule has 0 saturated carbocycles. The van der Waals surface area contributed by atoms with Crippen molar-refractivity contribution in [3.05, 3.63) is 38.3 Å². The second-order valence-corrected chi connectivity index (χ2v) is 6.81. The van der Waals surface area contributed by atoms with E-state index in [0.717, 1.165) is 18.7 Å². The molecule has 0 unspecified atom stereocenters. The van der Waals surface area contributed by atoms with Gasteiger partial charge in [-0.3, -0.25) is 10.1 Å². The average molecular weight is 344 g/mol. The zero-order valence-electron chi connectivity index (χ0n) is 12.4. The van der Waals surface area contributed by atoms with Gasteiger partial charge in [-0.2, -0.15) is 0 Å². The summed E-state index contributed by atoms with van der Waals surface area (Å²) in [5.74, 6) is 0. The van der Waals surface area contributed by atoms with E-state index in [-0.39, 0.29) is 16.0 Å².